The van der Waals surface area contributed by atoms with Gasteiger partial charge in [-0.1, -0.05) is 25.1 Å². The molecule has 3 rings (SSSR count). The molecular formula is C15H19N3O. The Morgan fingerprint density at radius 2 is 2.26 bits per heavy atom. The van der Waals surface area contributed by atoms with Crippen LogP contribution in [-0.2, 0) is 13.5 Å². The maximum absolute atomic E-state index is 5.69. The fourth-order valence-electron chi connectivity index (χ4n) is 2.60. The first-order valence-electron chi connectivity index (χ1n) is 6.78. The van der Waals surface area contributed by atoms with E-state index < -0.39 is 0 Å². The van der Waals surface area contributed by atoms with Gasteiger partial charge in [0.15, 0.2) is 0 Å². The molecule has 1 N–H and O–H groups in total. The lowest BCUT2D eigenvalue weighted by atomic mass is 10.0. The van der Waals surface area contributed by atoms with Crippen LogP contribution in [0.1, 0.15) is 30.6 Å². The van der Waals surface area contributed by atoms with Gasteiger partial charge < -0.3 is 10.1 Å². The predicted molar refractivity (Wildman–Crippen MR) is 75.5 cm³/mol. The van der Waals surface area contributed by atoms with E-state index in [1.807, 2.05) is 23.9 Å². The van der Waals surface area contributed by atoms with Crippen LogP contribution in [0.3, 0.4) is 0 Å². The zero-order chi connectivity index (χ0) is 13.2. The van der Waals surface area contributed by atoms with Crippen LogP contribution in [0.15, 0.2) is 30.5 Å². The summed E-state index contributed by atoms with van der Waals surface area (Å²) in [5.41, 5.74) is 3.48. The van der Waals surface area contributed by atoms with E-state index >= 15 is 0 Å². The Morgan fingerprint density at radius 3 is 3.11 bits per heavy atom. The zero-order valence-electron chi connectivity index (χ0n) is 11.4. The first-order chi connectivity index (χ1) is 9.28. The minimum absolute atomic E-state index is 0.305. The third-order valence-corrected chi connectivity index (χ3v) is 3.53. The molecule has 4 heteroatoms. The number of anilines is 1. The van der Waals surface area contributed by atoms with E-state index in [2.05, 4.69) is 35.7 Å². The van der Waals surface area contributed by atoms with Crippen LogP contribution in [0.2, 0.25) is 0 Å². The van der Waals surface area contributed by atoms with E-state index in [-0.39, 0.29) is 0 Å². The number of aromatic nitrogens is 2. The lowest BCUT2D eigenvalue weighted by Gasteiger charge is -2.27. The zero-order valence-corrected chi connectivity index (χ0v) is 11.4. The molecule has 0 bridgehead atoms. The highest BCUT2D eigenvalue weighted by Crippen LogP contribution is 2.34. The summed E-state index contributed by atoms with van der Waals surface area (Å²) in [5.74, 6) is 0.994. The molecule has 4 nitrogen and oxygen atoms in total. The van der Waals surface area contributed by atoms with Gasteiger partial charge in [0.2, 0.25) is 0 Å². The number of fused-ring (bicyclic) bond motifs is 1. The van der Waals surface area contributed by atoms with Crippen molar-refractivity contribution in [1.82, 2.24) is 9.78 Å². The molecule has 2 aromatic rings. The summed E-state index contributed by atoms with van der Waals surface area (Å²) in [7, 11) is 1.96. The van der Waals surface area contributed by atoms with Gasteiger partial charge in [-0.25, -0.2) is 0 Å². The summed E-state index contributed by atoms with van der Waals surface area (Å²) in [4.78, 5) is 0. The van der Waals surface area contributed by atoms with Crippen molar-refractivity contribution in [3.8, 4) is 5.75 Å². The van der Waals surface area contributed by atoms with Gasteiger partial charge in [0, 0.05) is 25.2 Å². The van der Waals surface area contributed by atoms with E-state index in [1.54, 1.807) is 0 Å². The highest BCUT2D eigenvalue weighted by molar-refractivity contribution is 5.50. The van der Waals surface area contributed by atoms with Crippen molar-refractivity contribution >= 4 is 5.69 Å². The number of rotatable bonds is 3. The normalized spacial score (nSPS) is 17.7. The molecule has 100 valence electrons. The molecule has 0 saturated carbocycles. The molecule has 0 amide bonds. The summed E-state index contributed by atoms with van der Waals surface area (Å²) >= 11 is 0. The molecule has 0 spiro atoms. The number of aryl methyl sites for hydroxylation is 2. The summed E-state index contributed by atoms with van der Waals surface area (Å²) in [6, 6.07) is 8.55. The SMILES string of the molecule is CCc1nn(C)cc1NC1CCOc2ccccc21. The maximum atomic E-state index is 5.69. The van der Waals surface area contributed by atoms with Crippen molar-refractivity contribution in [3.05, 3.63) is 41.7 Å². The van der Waals surface area contributed by atoms with Gasteiger partial charge in [0.05, 0.1) is 24.0 Å². The Balaban J connectivity index is 1.88. The Labute approximate surface area is 113 Å². The lowest BCUT2D eigenvalue weighted by Crippen LogP contribution is -2.20. The van der Waals surface area contributed by atoms with Crippen LogP contribution in [-0.4, -0.2) is 16.4 Å². The molecule has 0 saturated heterocycles. The fourth-order valence-corrected chi connectivity index (χ4v) is 2.60. The van der Waals surface area contributed by atoms with Crippen molar-refractivity contribution in [2.45, 2.75) is 25.8 Å². The van der Waals surface area contributed by atoms with Crippen LogP contribution in [0, 0.1) is 0 Å². The first kappa shape index (κ1) is 12.1. The minimum Gasteiger partial charge on any atom is -0.493 e. The molecule has 1 aliphatic heterocycles. The van der Waals surface area contributed by atoms with Gasteiger partial charge in [-0.15, -0.1) is 0 Å². The molecule has 1 aromatic carbocycles. The highest BCUT2D eigenvalue weighted by Gasteiger charge is 2.22. The molecular weight excluding hydrogens is 238 g/mol. The first-order valence-corrected chi connectivity index (χ1v) is 6.78. The quantitative estimate of drug-likeness (QED) is 0.919. The Hall–Kier alpha value is -1.97. The number of ether oxygens (including phenoxy) is 1. The topological polar surface area (TPSA) is 39.1 Å². The third-order valence-electron chi connectivity index (χ3n) is 3.53. The Bertz CT molecular complexity index is 577. The van der Waals surface area contributed by atoms with Gasteiger partial charge in [-0.3, -0.25) is 4.68 Å². The number of nitrogens with one attached hydrogen (secondary N) is 1. The second-order valence-electron chi connectivity index (χ2n) is 4.89. The lowest BCUT2D eigenvalue weighted by molar-refractivity contribution is 0.274. The number of hydrogen-bond donors (Lipinski definition) is 1. The average Bonchev–Trinajstić information content (AvgIpc) is 2.79. The van der Waals surface area contributed by atoms with Crippen LogP contribution in [0.5, 0.6) is 5.75 Å². The van der Waals surface area contributed by atoms with Crippen molar-refractivity contribution in [1.29, 1.82) is 0 Å². The van der Waals surface area contributed by atoms with E-state index in [4.69, 9.17) is 4.74 Å². The third kappa shape index (κ3) is 2.30. The molecule has 1 unspecified atom stereocenters. The van der Waals surface area contributed by atoms with Crippen molar-refractivity contribution in [3.63, 3.8) is 0 Å². The van der Waals surface area contributed by atoms with Gasteiger partial charge in [-0.2, -0.15) is 5.10 Å². The Kier molecular flexibility index (Phi) is 3.15. The smallest absolute Gasteiger partial charge is 0.124 e. The van der Waals surface area contributed by atoms with Crippen LogP contribution in [0.4, 0.5) is 5.69 Å². The second kappa shape index (κ2) is 4.96. The number of para-hydroxylation sites is 1. The number of nitrogens with zero attached hydrogens (tertiary/aromatic N) is 2. The molecule has 1 atom stereocenters. The van der Waals surface area contributed by atoms with Crippen molar-refractivity contribution in [2.24, 2.45) is 7.05 Å². The summed E-state index contributed by atoms with van der Waals surface area (Å²) in [6.45, 7) is 2.89. The van der Waals surface area contributed by atoms with Crippen molar-refractivity contribution in [2.75, 3.05) is 11.9 Å². The van der Waals surface area contributed by atoms with Gasteiger partial charge in [-0.05, 0) is 12.5 Å². The molecule has 1 aromatic heterocycles. The van der Waals surface area contributed by atoms with Gasteiger partial charge >= 0.3 is 0 Å². The molecule has 1 aliphatic rings. The van der Waals surface area contributed by atoms with Gasteiger partial charge in [0.25, 0.3) is 0 Å². The molecule has 0 aliphatic carbocycles. The number of hydrogen-bond acceptors (Lipinski definition) is 3. The maximum Gasteiger partial charge on any atom is 0.124 e. The molecule has 19 heavy (non-hydrogen) atoms. The average molecular weight is 257 g/mol. The standard InChI is InChI=1S/C15H19N3O/c1-3-12-14(10-18(2)17-12)16-13-8-9-19-15-7-5-4-6-11(13)15/h4-7,10,13,16H,3,8-9H2,1-2H3. The fraction of sp³-hybridized carbons (Fsp3) is 0.400. The van der Waals surface area contributed by atoms with Crippen LogP contribution >= 0.6 is 0 Å². The van der Waals surface area contributed by atoms with Crippen LogP contribution < -0.4 is 10.1 Å². The second-order valence-corrected chi connectivity index (χ2v) is 4.89. The van der Waals surface area contributed by atoms with E-state index in [0.29, 0.717) is 6.04 Å². The summed E-state index contributed by atoms with van der Waals surface area (Å²) in [6.07, 6.45) is 3.97. The van der Waals surface area contributed by atoms with Crippen LogP contribution in [0.25, 0.3) is 0 Å². The molecule has 0 fully saturated rings. The summed E-state index contributed by atoms with van der Waals surface area (Å²) in [5, 5.41) is 8.09. The largest absolute Gasteiger partial charge is 0.493 e. The Morgan fingerprint density at radius 1 is 1.42 bits per heavy atom. The highest BCUT2D eigenvalue weighted by atomic mass is 16.5. The molecule has 0 radical (unpaired) electrons. The van der Waals surface area contributed by atoms with Crippen molar-refractivity contribution < 1.29 is 4.74 Å². The predicted octanol–water partition coefficient (Wildman–Crippen LogP) is 2.92. The molecule has 2 heterocycles. The number of benzene rings is 1. The van der Waals surface area contributed by atoms with Gasteiger partial charge in [0.1, 0.15) is 5.75 Å². The minimum atomic E-state index is 0.305. The summed E-state index contributed by atoms with van der Waals surface area (Å²) < 4.78 is 7.56. The van der Waals surface area contributed by atoms with E-state index in [1.165, 1.54) is 5.56 Å². The van der Waals surface area contributed by atoms with E-state index in [0.717, 1.165) is 36.6 Å². The van der Waals surface area contributed by atoms with E-state index in [9.17, 15) is 0 Å². The monoisotopic (exact) mass is 257 g/mol.